The van der Waals surface area contributed by atoms with E-state index in [0.717, 1.165) is 0 Å². The van der Waals surface area contributed by atoms with Crippen LogP contribution in [0.3, 0.4) is 0 Å². The van der Waals surface area contributed by atoms with Gasteiger partial charge in [0, 0.05) is 12.8 Å². The topological polar surface area (TPSA) is 237 Å². The first-order chi connectivity index (χ1) is 14.5. The van der Waals surface area contributed by atoms with E-state index in [1.54, 1.807) is 6.26 Å². The number of carboxylic acid groups (broad SMARTS) is 1. The normalized spacial score (nSPS) is 13.4. The summed E-state index contributed by atoms with van der Waals surface area (Å²) in [6, 6.07) is -3.67. The van der Waals surface area contributed by atoms with Crippen LogP contribution >= 0.6 is 11.8 Å². The van der Waals surface area contributed by atoms with Crippen molar-refractivity contribution in [3.05, 3.63) is 0 Å². The maximum atomic E-state index is 12.6. The molecule has 3 unspecified atom stereocenters. The number of thioether (sulfide) groups is 1. The fraction of sp³-hybridized carbons (Fsp3) is 0.647. The van der Waals surface area contributed by atoms with Crippen molar-refractivity contribution >= 4 is 47.3 Å². The van der Waals surface area contributed by atoms with Crippen LogP contribution in [0, 0.1) is 0 Å². The van der Waals surface area contributed by atoms with Crippen molar-refractivity contribution < 1.29 is 33.9 Å². The first-order valence-corrected chi connectivity index (χ1v) is 10.8. The smallest absolute Gasteiger partial charge is 0.326 e. The molecular weight excluding hydrogens is 432 g/mol. The molecule has 5 amide bonds. The van der Waals surface area contributed by atoms with Gasteiger partial charge in [-0.25, -0.2) is 4.79 Å². The average molecular weight is 463 g/mol. The Morgan fingerprint density at radius 2 is 1.26 bits per heavy atom. The Bertz CT molecular complexity index is 675. The molecule has 0 aliphatic heterocycles. The highest BCUT2D eigenvalue weighted by Gasteiger charge is 2.29. The summed E-state index contributed by atoms with van der Waals surface area (Å²) in [7, 11) is 0. The fourth-order valence-corrected chi connectivity index (χ4v) is 2.87. The summed E-state index contributed by atoms with van der Waals surface area (Å²) in [5.74, 6) is -4.49. The third-order valence-corrected chi connectivity index (χ3v) is 4.70. The van der Waals surface area contributed by atoms with Crippen LogP contribution in [-0.4, -0.2) is 77.3 Å². The van der Waals surface area contributed by atoms with Crippen molar-refractivity contribution in [3.8, 4) is 0 Å². The number of carboxylic acids is 1. The van der Waals surface area contributed by atoms with Crippen LogP contribution in [0.15, 0.2) is 0 Å². The molecule has 10 N–H and O–H groups in total. The maximum Gasteiger partial charge on any atom is 0.326 e. The number of nitrogens with two attached hydrogens (primary N) is 3. The zero-order chi connectivity index (χ0) is 24.0. The second-order valence-corrected chi connectivity index (χ2v) is 7.56. The molecule has 0 bridgehead atoms. The van der Waals surface area contributed by atoms with Crippen LogP contribution in [0.25, 0.3) is 0 Å². The first kappa shape index (κ1) is 28.1. The lowest BCUT2D eigenvalue weighted by molar-refractivity contribution is -0.142. The SMILES string of the molecule is CSCCC(NC(=O)C(CCC(N)=O)NC(=O)CN)C(=O)NC(CCC(N)=O)C(=O)O. The van der Waals surface area contributed by atoms with E-state index in [-0.39, 0.29) is 32.1 Å². The highest BCUT2D eigenvalue weighted by atomic mass is 32.2. The standard InChI is InChI=1S/C17H30N6O7S/c1-31-7-6-10(16(28)23-11(17(29)30)3-5-13(20)25)22-15(27)9(2-4-12(19)24)21-14(26)8-18/h9-11H,2-8,18H2,1H3,(H2,19,24)(H2,20,25)(H,21,26)(H,22,27)(H,23,28)(H,29,30). The molecule has 0 saturated carbocycles. The lowest BCUT2D eigenvalue weighted by atomic mass is 10.1. The zero-order valence-corrected chi connectivity index (χ0v) is 18.0. The summed E-state index contributed by atoms with van der Waals surface area (Å²) in [6.07, 6.45) is 1.17. The number of carbonyl (C=O) groups is 6. The summed E-state index contributed by atoms with van der Waals surface area (Å²) in [5.41, 5.74) is 15.3. The second-order valence-electron chi connectivity index (χ2n) is 6.58. The van der Waals surface area contributed by atoms with Crippen LogP contribution < -0.4 is 33.2 Å². The van der Waals surface area contributed by atoms with Gasteiger partial charge in [0.2, 0.25) is 29.5 Å². The van der Waals surface area contributed by atoms with Gasteiger partial charge in [-0.2, -0.15) is 11.8 Å². The molecule has 3 atom stereocenters. The van der Waals surface area contributed by atoms with Crippen molar-refractivity contribution in [1.29, 1.82) is 0 Å². The van der Waals surface area contributed by atoms with Crippen molar-refractivity contribution in [2.24, 2.45) is 17.2 Å². The van der Waals surface area contributed by atoms with Gasteiger partial charge < -0.3 is 38.3 Å². The molecule has 13 nitrogen and oxygen atoms in total. The van der Waals surface area contributed by atoms with Gasteiger partial charge in [0.1, 0.15) is 18.1 Å². The van der Waals surface area contributed by atoms with E-state index in [2.05, 4.69) is 16.0 Å². The van der Waals surface area contributed by atoms with Crippen LogP contribution in [0.1, 0.15) is 32.1 Å². The molecule has 0 radical (unpaired) electrons. The quantitative estimate of drug-likeness (QED) is 0.122. The van der Waals surface area contributed by atoms with Gasteiger partial charge in [-0.15, -0.1) is 0 Å². The van der Waals surface area contributed by atoms with Crippen molar-refractivity contribution in [2.75, 3.05) is 18.6 Å². The minimum Gasteiger partial charge on any atom is -0.480 e. The van der Waals surface area contributed by atoms with Gasteiger partial charge in [0.25, 0.3) is 0 Å². The molecule has 0 aliphatic carbocycles. The molecule has 0 aromatic carbocycles. The van der Waals surface area contributed by atoms with E-state index in [4.69, 9.17) is 17.2 Å². The molecule has 0 heterocycles. The minimum atomic E-state index is -1.38. The number of carbonyl (C=O) groups excluding carboxylic acids is 5. The third kappa shape index (κ3) is 12.4. The molecule has 14 heteroatoms. The number of rotatable bonds is 16. The number of hydrogen-bond donors (Lipinski definition) is 7. The minimum absolute atomic E-state index is 0.111. The lowest BCUT2D eigenvalue weighted by Gasteiger charge is -2.24. The Kier molecular flexibility index (Phi) is 13.6. The van der Waals surface area contributed by atoms with Gasteiger partial charge in [0.15, 0.2) is 0 Å². The number of nitrogens with one attached hydrogen (secondary N) is 3. The lowest BCUT2D eigenvalue weighted by Crippen LogP contribution is -2.56. The Morgan fingerprint density at radius 3 is 1.68 bits per heavy atom. The van der Waals surface area contributed by atoms with Crippen LogP contribution in [0.5, 0.6) is 0 Å². The van der Waals surface area contributed by atoms with Crippen LogP contribution in [0.4, 0.5) is 0 Å². The van der Waals surface area contributed by atoms with Gasteiger partial charge in [0.05, 0.1) is 6.54 Å². The summed E-state index contributed by atoms with van der Waals surface area (Å²) in [5, 5.41) is 16.3. The Balaban J connectivity index is 5.34. The predicted molar refractivity (Wildman–Crippen MR) is 112 cm³/mol. The predicted octanol–water partition coefficient (Wildman–Crippen LogP) is -3.23. The molecule has 0 saturated heterocycles. The average Bonchev–Trinajstić information content (AvgIpc) is 2.69. The summed E-state index contributed by atoms with van der Waals surface area (Å²) >= 11 is 1.39. The van der Waals surface area contributed by atoms with E-state index in [0.29, 0.717) is 5.75 Å². The van der Waals surface area contributed by atoms with E-state index in [1.165, 1.54) is 11.8 Å². The maximum absolute atomic E-state index is 12.6. The molecule has 0 aliphatic rings. The van der Waals surface area contributed by atoms with Gasteiger partial charge >= 0.3 is 5.97 Å². The fourth-order valence-electron chi connectivity index (χ4n) is 2.40. The van der Waals surface area contributed by atoms with E-state index < -0.39 is 60.2 Å². The van der Waals surface area contributed by atoms with E-state index in [9.17, 15) is 33.9 Å². The molecule has 31 heavy (non-hydrogen) atoms. The monoisotopic (exact) mass is 462 g/mol. The zero-order valence-electron chi connectivity index (χ0n) is 17.2. The van der Waals surface area contributed by atoms with Crippen LogP contribution in [0.2, 0.25) is 0 Å². The Hall–Kier alpha value is -2.87. The van der Waals surface area contributed by atoms with Gasteiger partial charge in [-0.3, -0.25) is 24.0 Å². The van der Waals surface area contributed by atoms with Crippen molar-refractivity contribution in [2.45, 2.75) is 50.2 Å². The van der Waals surface area contributed by atoms with E-state index in [1.807, 2.05) is 0 Å². The molecule has 0 fully saturated rings. The van der Waals surface area contributed by atoms with E-state index >= 15 is 0 Å². The second kappa shape index (κ2) is 15.0. The number of primary amides is 2. The molecule has 176 valence electrons. The summed E-state index contributed by atoms with van der Waals surface area (Å²) in [4.78, 5) is 70.2. The molecule has 0 rings (SSSR count). The largest absolute Gasteiger partial charge is 0.480 e. The van der Waals surface area contributed by atoms with Crippen LogP contribution in [-0.2, 0) is 28.8 Å². The number of aliphatic carboxylic acids is 1. The molecule has 0 aromatic heterocycles. The van der Waals surface area contributed by atoms with Crippen molar-refractivity contribution in [3.63, 3.8) is 0 Å². The molecular formula is C17H30N6O7S. The highest BCUT2D eigenvalue weighted by Crippen LogP contribution is 2.06. The summed E-state index contributed by atoms with van der Waals surface area (Å²) in [6.45, 7) is -0.392. The molecule has 0 aromatic rings. The summed E-state index contributed by atoms with van der Waals surface area (Å²) < 4.78 is 0. The van der Waals surface area contributed by atoms with Gasteiger partial charge in [-0.1, -0.05) is 0 Å². The van der Waals surface area contributed by atoms with Crippen molar-refractivity contribution in [1.82, 2.24) is 16.0 Å². The Labute approximate surface area is 183 Å². The number of hydrogen-bond acceptors (Lipinski definition) is 8. The number of amides is 5. The van der Waals surface area contributed by atoms with Gasteiger partial charge in [-0.05, 0) is 31.3 Å². The Morgan fingerprint density at radius 1 is 0.806 bits per heavy atom. The third-order valence-electron chi connectivity index (χ3n) is 4.05. The molecule has 0 spiro atoms. The first-order valence-electron chi connectivity index (χ1n) is 9.40. The highest BCUT2D eigenvalue weighted by molar-refractivity contribution is 7.98.